The van der Waals surface area contributed by atoms with Crippen molar-refractivity contribution >= 4 is 11.8 Å². The van der Waals surface area contributed by atoms with Gasteiger partial charge in [-0.05, 0) is 19.3 Å². The summed E-state index contributed by atoms with van der Waals surface area (Å²) in [5.41, 5.74) is 1.71. The number of aromatic nitrogens is 2. The minimum Gasteiger partial charge on any atom is -0.336 e. The fourth-order valence-electron chi connectivity index (χ4n) is 2.48. The molecule has 1 fully saturated rings. The first-order valence-corrected chi connectivity index (χ1v) is 7.41. The minimum absolute atomic E-state index is 0.357. The molecule has 0 bridgehead atoms. The molecule has 0 saturated heterocycles. The monoisotopic (exact) mass is 238 g/mol. The molecule has 1 heterocycles. The minimum atomic E-state index is 0.357. The molecule has 0 unspecified atom stereocenters. The predicted molar refractivity (Wildman–Crippen MR) is 70.0 cm³/mol. The molecular formula is C13H22N2S. The van der Waals surface area contributed by atoms with Crippen LogP contribution < -0.4 is 0 Å². The summed E-state index contributed by atoms with van der Waals surface area (Å²) in [5, 5.41) is 1.10. The molecule has 0 aromatic carbocycles. The van der Waals surface area contributed by atoms with Crippen molar-refractivity contribution in [1.29, 1.82) is 0 Å². The largest absolute Gasteiger partial charge is 0.336 e. The Balaban J connectivity index is 2.05. The van der Waals surface area contributed by atoms with Gasteiger partial charge in [0.2, 0.25) is 0 Å². The highest BCUT2D eigenvalue weighted by Crippen LogP contribution is 2.38. The fraction of sp³-hybridized carbons (Fsp3) is 0.769. The highest BCUT2D eigenvalue weighted by Gasteiger charge is 2.30. The number of nitrogens with one attached hydrogen (secondary N) is 1. The lowest BCUT2D eigenvalue weighted by Gasteiger charge is -2.32. The number of thioether (sulfide) groups is 1. The SMILES string of the molecule is CCCSc1ncc(C2(C)CCCCC2)[nH]1. The zero-order chi connectivity index (χ0) is 11.4. The van der Waals surface area contributed by atoms with E-state index in [9.17, 15) is 0 Å². The highest BCUT2D eigenvalue weighted by molar-refractivity contribution is 7.99. The topological polar surface area (TPSA) is 28.7 Å². The number of imidazole rings is 1. The summed E-state index contributed by atoms with van der Waals surface area (Å²) >= 11 is 1.84. The molecular weight excluding hydrogens is 216 g/mol. The molecule has 0 aliphatic heterocycles. The van der Waals surface area contributed by atoms with E-state index in [0.29, 0.717) is 5.41 Å². The Bertz CT molecular complexity index is 326. The molecule has 90 valence electrons. The van der Waals surface area contributed by atoms with Gasteiger partial charge in [-0.15, -0.1) is 0 Å². The number of hydrogen-bond donors (Lipinski definition) is 1. The van der Waals surface area contributed by atoms with E-state index < -0.39 is 0 Å². The molecule has 1 aromatic rings. The van der Waals surface area contributed by atoms with Crippen LogP contribution in [0.5, 0.6) is 0 Å². The van der Waals surface area contributed by atoms with E-state index in [0.717, 1.165) is 10.9 Å². The van der Waals surface area contributed by atoms with Gasteiger partial charge in [-0.2, -0.15) is 0 Å². The standard InChI is InChI=1S/C13H22N2S/c1-3-9-16-12-14-10-11(15-12)13(2)7-5-4-6-8-13/h10H,3-9H2,1-2H3,(H,14,15). The molecule has 0 radical (unpaired) electrons. The molecule has 1 aliphatic carbocycles. The smallest absolute Gasteiger partial charge is 0.165 e. The second kappa shape index (κ2) is 5.26. The van der Waals surface area contributed by atoms with Gasteiger partial charge in [-0.1, -0.05) is 44.9 Å². The second-order valence-electron chi connectivity index (χ2n) is 5.07. The molecule has 16 heavy (non-hydrogen) atoms. The Kier molecular flexibility index (Phi) is 3.95. The van der Waals surface area contributed by atoms with E-state index in [1.807, 2.05) is 11.8 Å². The maximum Gasteiger partial charge on any atom is 0.165 e. The fourth-order valence-corrected chi connectivity index (χ4v) is 3.19. The summed E-state index contributed by atoms with van der Waals surface area (Å²) in [5.74, 6) is 1.16. The van der Waals surface area contributed by atoms with Gasteiger partial charge in [0.05, 0.1) is 0 Å². The summed E-state index contributed by atoms with van der Waals surface area (Å²) in [4.78, 5) is 7.99. The normalized spacial score (nSPS) is 19.9. The van der Waals surface area contributed by atoms with Gasteiger partial charge >= 0.3 is 0 Å². The summed E-state index contributed by atoms with van der Waals surface area (Å²) in [6.07, 6.45) is 10.0. The van der Waals surface area contributed by atoms with Gasteiger partial charge in [0.15, 0.2) is 5.16 Å². The Morgan fingerprint density at radius 1 is 1.38 bits per heavy atom. The third-order valence-electron chi connectivity index (χ3n) is 3.60. The number of aromatic amines is 1. The van der Waals surface area contributed by atoms with E-state index >= 15 is 0 Å². The maximum atomic E-state index is 4.48. The molecule has 1 N–H and O–H groups in total. The molecule has 1 aromatic heterocycles. The lowest BCUT2D eigenvalue weighted by atomic mass is 9.74. The van der Waals surface area contributed by atoms with Gasteiger partial charge in [0.25, 0.3) is 0 Å². The van der Waals surface area contributed by atoms with Crippen LogP contribution in [-0.4, -0.2) is 15.7 Å². The van der Waals surface area contributed by atoms with Crippen molar-refractivity contribution in [2.24, 2.45) is 0 Å². The van der Waals surface area contributed by atoms with Crippen molar-refractivity contribution in [3.63, 3.8) is 0 Å². The lowest BCUT2D eigenvalue weighted by molar-refractivity contribution is 0.312. The average molecular weight is 238 g/mol. The first-order valence-electron chi connectivity index (χ1n) is 6.43. The van der Waals surface area contributed by atoms with E-state index in [4.69, 9.17) is 0 Å². The van der Waals surface area contributed by atoms with Crippen LogP contribution in [0.3, 0.4) is 0 Å². The molecule has 3 heteroatoms. The van der Waals surface area contributed by atoms with E-state index in [2.05, 4.69) is 30.0 Å². The van der Waals surface area contributed by atoms with Gasteiger partial charge in [0.1, 0.15) is 0 Å². The van der Waals surface area contributed by atoms with Crippen LogP contribution in [0.2, 0.25) is 0 Å². The number of rotatable bonds is 4. The second-order valence-corrected chi connectivity index (χ2v) is 6.16. The van der Waals surface area contributed by atoms with E-state index in [1.54, 1.807) is 0 Å². The average Bonchev–Trinajstić information content (AvgIpc) is 2.77. The summed E-state index contributed by atoms with van der Waals surface area (Å²) < 4.78 is 0. The molecule has 0 spiro atoms. The number of hydrogen-bond acceptors (Lipinski definition) is 2. The van der Waals surface area contributed by atoms with Crippen LogP contribution in [-0.2, 0) is 5.41 Å². The molecule has 2 nitrogen and oxygen atoms in total. The first kappa shape index (κ1) is 12.0. The van der Waals surface area contributed by atoms with Gasteiger partial charge in [-0.25, -0.2) is 4.98 Å². The summed E-state index contributed by atoms with van der Waals surface area (Å²) in [7, 11) is 0. The maximum absolute atomic E-state index is 4.48. The third-order valence-corrected chi connectivity index (χ3v) is 4.70. The van der Waals surface area contributed by atoms with Crippen LogP contribution in [0, 0.1) is 0 Å². The van der Waals surface area contributed by atoms with Crippen molar-refractivity contribution in [2.75, 3.05) is 5.75 Å². The van der Waals surface area contributed by atoms with E-state index in [-0.39, 0.29) is 0 Å². The van der Waals surface area contributed by atoms with Gasteiger partial charge < -0.3 is 4.98 Å². The van der Waals surface area contributed by atoms with Crippen molar-refractivity contribution in [2.45, 2.75) is 62.9 Å². The number of H-pyrrole nitrogens is 1. The zero-order valence-electron chi connectivity index (χ0n) is 10.4. The molecule has 0 atom stereocenters. The van der Waals surface area contributed by atoms with Crippen LogP contribution in [0.4, 0.5) is 0 Å². The van der Waals surface area contributed by atoms with Crippen LogP contribution in [0.1, 0.15) is 58.1 Å². The molecule has 1 aliphatic rings. The first-order chi connectivity index (χ1) is 7.74. The lowest BCUT2D eigenvalue weighted by Crippen LogP contribution is -2.25. The molecule has 1 saturated carbocycles. The van der Waals surface area contributed by atoms with Crippen molar-refractivity contribution < 1.29 is 0 Å². The quantitative estimate of drug-likeness (QED) is 0.799. The summed E-state index contributed by atoms with van der Waals surface area (Å²) in [6, 6.07) is 0. The number of nitrogens with zero attached hydrogens (tertiary/aromatic N) is 1. The van der Waals surface area contributed by atoms with Crippen molar-refractivity contribution in [3.05, 3.63) is 11.9 Å². The Labute approximate surface area is 103 Å². The Morgan fingerprint density at radius 3 is 2.81 bits per heavy atom. The summed E-state index contributed by atoms with van der Waals surface area (Å²) in [6.45, 7) is 4.59. The van der Waals surface area contributed by atoms with Crippen LogP contribution in [0.25, 0.3) is 0 Å². The van der Waals surface area contributed by atoms with Gasteiger partial charge in [0, 0.05) is 23.1 Å². The predicted octanol–water partition coefficient (Wildman–Crippen LogP) is 4.13. The molecule has 0 amide bonds. The Hall–Kier alpha value is -0.440. The van der Waals surface area contributed by atoms with E-state index in [1.165, 1.54) is 44.2 Å². The third kappa shape index (κ3) is 2.62. The zero-order valence-corrected chi connectivity index (χ0v) is 11.2. The van der Waals surface area contributed by atoms with Crippen molar-refractivity contribution in [3.8, 4) is 0 Å². The van der Waals surface area contributed by atoms with Crippen LogP contribution in [0.15, 0.2) is 11.4 Å². The highest BCUT2D eigenvalue weighted by atomic mass is 32.2. The Morgan fingerprint density at radius 2 is 2.12 bits per heavy atom. The van der Waals surface area contributed by atoms with Crippen molar-refractivity contribution in [1.82, 2.24) is 9.97 Å². The molecule has 2 rings (SSSR count). The van der Waals surface area contributed by atoms with Gasteiger partial charge in [-0.3, -0.25) is 0 Å². The van der Waals surface area contributed by atoms with Crippen LogP contribution >= 0.6 is 11.8 Å².